The Morgan fingerprint density at radius 3 is 2.50 bits per heavy atom. The molecule has 6 heteroatoms. The highest BCUT2D eigenvalue weighted by Gasteiger charge is 2.30. The van der Waals surface area contributed by atoms with Gasteiger partial charge in [0.25, 0.3) is 5.91 Å². The van der Waals surface area contributed by atoms with Gasteiger partial charge in [0.1, 0.15) is 6.10 Å². The summed E-state index contributed by atoms with van der Waals surface area (Å²) < 4.78 is 42.3. The summed E-state index contributed by atoms with van der Waals surface area (Å²) >= 11 is 0. The molecule has 0 bridgehead atoms. The van der Waals surface area contributed by atoms with Gasteiger partial charge in [-0.3, -0.25) is 4.79 Å². The standard InChI is InChI=1S/C14H16F3NO2/c1-3-4-9-20-10(2)13(19)18-12-7-5-11(6-8-12)14(15,16)17/h3,5-8,10H,1,4,9H2,2H3,(H,18,19). The van der Waals surface area contributed by atoms with Crippen molar-refractivity contribution in [3.05, 3.63) is 42.5 Å². The van der Waals surface area contributed by atoms with Gasteiger partial charge in [-0.25, -0.2) is 0 Å². The van der Waals surface area contributed by atoms with E-state index in [1.165, 1.54) is 12.1 Å². The van der Waals surface area contributed by atoms with Crippen LogP contribution in [0, 0.1) is 0 Å². The van der Waals surface area contributed by atoms with Gasteiger partial charge < -0.3 is 10.1 Å². The fraction of sp³-hybridized carbons (Fsp3) is 0.357. The van der Waals surface area contributed by atoms with E-state index in [-0.39, 0.29) is 0 Å². The smallest absolute Gasteiger partial charge is 0.368 e. The first-order chi connectivity index (χ1) is 9.34. The van der Waals surface area contributed by atoms with Crippen molar-refractivity contribution < 1.29 is 22.7 Å². The number of halogens is 3. The third-order valence-corrected chi connectivity index (χ3v) is 2.54. The third-order valence-electron chi connectivity index (χ3n) is 2.54. The number of carbonyl (C=O) groups excluding carboxylic acids is 1. The summed E-state index contributed by atoms with van der Waals surface area (Å²) in [6, 6.07) is 4.24. The molecule has 20 heavy (non-hydrogen) atoms. The molecule has 1 aromatic carbocycles. The third kappa shape index (κ3) is 5.05. The van der Waals surface area contributed by atoms with Crippen LogP contribution >= 0.6 is 0 Å². The monoisotopic (exact) mass is 287 g/mol. The predicted molar refractivity (Wildman–Crippen MR) is 70.3 cm³/mol. The van der Waals surface area contributed by atoms with E-state index in [9.17, 15) is 18.0 Å². The topological polar surface area (TPSA) is 38.3 Å². The molecule has 0 radical (unpaired) electrons. The minimum Gasteiger partial charge on any atom is -0.368 e. The van der Waals surface area contributed by atoms with Crippen LogP contribution in [-0.4, -0.2) is 18.6 Å². The number of anilines is 1. The van der Waals surface area contributed by atoms with E-state index in [0.717, 1.165) is 12.1 Å². The summed E-state index contributed by atoms with van der Waals surface area (Å²) in [5.41, 5.74) is -0.465. The van der Waals surface area contributed by atoms with Gasteiger partial charge in [-0.1, -0.05) is 6.08 Å². The van der Waals surface area contributed by atoms with Crippen LogP contribution in [0.4, 0.5) is 18.9 Å². The first-order valence-corrected chi connectivity index (χ1v) is 6.05. The molecule has 1 rings (SSSR count). The van der Waals surface area contributed by atoms with Gasteiger partial charge in [-0.05, 0) is 37.6 Å². The van der Waals surface area contributed by atoms with Crippen LogP contribution in [0.1, 0.15) is 18.9 Å². The Morgan fingerprint density at radius 1 is 1.40 bits per heavy atom. The van der Waals surface area contributed by atoms with Crippen LogP contribution in [0.25, 0.3) is 0 Å². The highest BCUT2D eigenvalue weighted by atomic mass is 19.4. The molecule has 0 aromatic heterocycles. The number of ether oxygens (including phenoxy) is 1. The van der Waals surface area contributed by atoms with Crippen molar-refractivity contribution in [3.8, 4) is 0 Å². The molecule has 110 valence electrons. The number of hydrogen-bond donors (Lipinski definition) is 1. The zero-order chi connectivity index (χ0) is 15.2. The number of rotatable bonds is 6. The summed E-state index contributed by atoms with van der Waals surface area (Å²) in [4.78, 5) is 11.7. The molecule has 0 aliphatic rings. The zero-order valence-corrected chi connectivity index (χ0v) is 11.0. The van der Waals surface area contributed by atoms with E-state index in [1.807, 2.05) is 0 Å². The fourth-order valence-corrected chi connectivity index (χ4v) is 1.39. The summed E-state index contributed by atoms with van der Waals surface area (Å²) in [5.74, 6) is -0.408. The van der Waals surface area contributed by atoms with Crippen molar-refractivity contribution in [2.75, 3.05) is 11.9 Å². The molecule has 0 fully saturated rings. The van der Waals surface area contributed by atoms with Crippen LogP contribution in [0.2, 0.25) is 0 Å². The molecule has 1 atom stereocenters. The molecule has 0 saturated carbocycles. The van der Waals surface area contributed by atoms with Crippen LogP contribution in [0.5, 0.6) is 0 Å². The highest BCUT2D eigenvalue weighted by Crippen LogP contribution is 2.29. The van der Waals surface area contributed by atoms with Gasteiger partial charge >= 0.3 is 6.18 Å². The van der Waals surface area contributed by atoms with Gasteiger partial charge in [-0.2, -0.15) is 13.2 Å². The SMILES string of the molecule is C=CCCOC(C)C(=O)Nc1ccc(C(F)(F)F)cc1. The Balaban J connectivity index is 2.55. The molecule has 0 saturated heterocycles. The molecule has 0 spiro atoms. The largest absolute Gasteiger partial charge is 0.416 e. The molecular formula is C14H16F3NO2. The Morgan fingerprint density at radius 2 is 2.00 bits per heavy atom. The molecule has 0 aliphatic carbocycles. The zero-order valence-electron chi connectivity index (χ0n) is 11.0. The lowest BCUT2D eigenvalue weighted by atomic mass is 10.2. The van der Waals surface area contributed by atoms with Crippen LogP contribution in [-0.2, 0) is 15.7 Å². The van der Waals surface area contributed by atoms with E-state index in [0.29, 0.717) is 18.7 Å². The van der Waals surface area contributed by atoms with Crippen molar-refractivity contribution >= 4 is 11.6 Å². The maximum Gasteiger partial charge on any atom is 0.416 e. The van der Waals surface area contributed by atoms with Gasteiger partial charge in [0.15, 0.2) is 0 Å². The second-order valence-electron chi connectivity index (χ2n) is 4.15. The molecule has 1 aromatic rings. The normalized spacial score (nSPS) is 12.8. The maximum atomic E-state index is 12.4. The molecule has 0 heterocycles. The van der Waals surface area contributed by atoms with Gasteiger partial charge in [-0.15, -0.1) is 6.58 Å². The summed E-state index contributed by atoms with van der Waals surface area (Å²) in [6.07, 6.45) is -2.78. The van der Waals surface area contributed by atoms with E-state index < -0.39 is 23.8 Å². The minimum atomic E-state index is -4.39. The molecule has 1 N–H and O–H groups in total. The van der Waals surface area contributed by atoms with Crippen molar-refractivity contribution in [2.24, 2.45) is 0 Å². The number of amides is 1. The minimum absolute atomic E-state index is 0.294. The first-order valence-electron chi connectivity index (χ1n) is 6.05. The number of benzene rings is 1. The van der Waals surface area contributed by atoms with E-state index in [2.05, 4.69) is 11.9 Å². The maximum absolute atomic E-state index is 12.4. The quantitative estimate of drug-likeness (QED) is 0.641. The van der Waals surface area contributed by atoms with Crippen LogP contribution < -0.4 is 5.32 Å². The average molecular weight is 287 g/mol. The number of alkyl halides is 3. The summed E-state index contributed by atoms with van der Waals surface area (Å²) in [6.45, 7) is 5.46. The van der Waals surface area contributed by atoms with Crippen LogP contribution in [0.15, 0.2) is 36.9 Å². The number of carbonyl (C=O) groups is 1. The lowest BCUT2D eigenvalue weighted by Gasteiger charge is -2.13. The average Bonchev–Trinajstić information content (AvgIpc) is 2.38. The Bertz CT molecular complexity index is 454. The van der Waals surface area contributed by atoms with E-state index >= 15 is 0 Å². The number of nitrogens with one attached hydrogen (secondary N) is 1. The van der Waals surface area contributed by atoms with Crippen molar-refractivity contribution in [1.82, 2.24) is 0 Å². The Labute approximate surface area is 115 Å². The van der Waals surface area contributed by atoms with Crippen LogP contribution in [0.3, 0.4) is 0 Å². The fourth-order valence-electron chi connectivity index (χ4n) is 1.39. The second-order valence-corrected chi connectivity index (χ2v) is 4.15. The summed E-state index contributed by atoms with van der Waals surface area (Å²) in [7, 11) is 0. The van der Waals surface area contributed by atoms with Crippen molar-refractivity contribution in [3.63, 3.8) is 0 Å². The Hall–Kier alpha value is -1.82. The van der Waals surface area contributed by atoms with Crippen molar-refractivity contribution in [1.29, 1.82) is 0 Å². The van der Waals surface area contributed by atoms with Gasteiger partial charge in [0.05, 0.1) is 12.2 Å². The van der Waals surface area contributed by atoms with E-state index in [4.69, 9.17) is 4.74 Å². The lowest BCUT2D eigenvalue weighted by Crippen LogP contribution is -2.28. The predicted octanol–water partition coefficient (Wildman–Crippen LogP) is 3.63. The summed E-state index contributed by atoms with van der Waals surface area (Å²) in [5, 5.41) is 2.49. The molecule has 1 amide bonds. The molecule has 0 aliphatic heterocycles. The molecular weight excluding hydrogens is 271 g/mol. The van der Waals surface area contributed by atoms with Crippen molar-refractivity contribution in [2.45, 2.75) is 25.6 Å². The molecule has 1 unspecified atom stereocenters. The second kappa shape index (κ2) is 7.09. The number of hydrogen-bond acceptors (Lipinski definition) is 2. The molecule has 3 nitrogen and oxygen atoms in total. The lowest BCUT2D eigenvalue weighted by molar-refractivity contribution is -0.137. The van der Waals surface area contributed by atoms with E-state index in [1.54, 1.807) is 13.0 Å². The first kappa shape index (κ1) is 16.2. The van der Waals surface area contributed by atoms with Gasteiger partial charge in [0.2, 0.25) is 0 Å². The van der Waals surface area contributed by atoms with Gasteiger partial charge in [0, 0.05) is 5.69 Å². The Kier molecular flexibility index (Phi) is 5.76. The highest BCUT2D eigenvalue weighted by molar-refractivity contribution is 5.93.